The van der Waals surface area contributed by atoms with E-state index in [0.29, 0.717) is 5.69 Å². The van der Waals surface area contributed by atoms with Gasteiger partial charge in [0.1, 0.15) is 11.5 Å². The number of hydrogen-bond acceptors (Lipinski definition) is 3. The molecule has 0 bridgehead atoms. The summed E-state index contributed by atoms with van der Waals surface area (Å²) in [6.45, 7) is 0. The molecule has 0 aliphatic rings. The maximum Gasteiger partial charge on any atom is 0.259 e. The monoisotopic (exact) mass is 229 g/mol. The molecule has 1 amide bonds. The van der Waals surface area contributed by atoms with Crippen molar-refractivity contribution in [1.29, 1.82) is 0 Å². The zero-order chi connectivity index (χ0) is 12.3. The van der Waals surface area contributed by atoms with Crippen molar-refractivity contribution in [3.63, 3.8) is 0 Å². The van der Waals surface area contributed by atoms with Crippen molar-refractivity contribution in [2.45, 2.75) is 0 Å². The number of benzene rings is 2. The number of anilines is 1. The van der Waals surface area contributed by atoms with E-state index in [2.05, 4.69) is 5.32 Å². The Hall–Kier alpha value is -2.49. The van der Waals surface area contributed by atoms with E-state index in [0.717, 1.165) is 0 Å². The van der Waals surface area contributed by atoms with E-state index < -0.39 is 5.91 Å². The first-order valence-electron chi connectivity index (χ1n) is 5.05. The first-order chi connectivity index (χ1) is 8.16. The second-order valence-corrected chi connectivity index (χ2v) is 3.52. The van der Waals surface area contributed by atoms with E-state index in [1.807, 2.05) is 6.07 Å². The van der Waals surface area contributed by atoms with Crippen LogP contribution in [0.5, 0.6) is 11.5 Å². The van der Waals surface area contributed by atoms with E-state index in [-0.39, 0.29) is 17.1 Å². The summed E-state index contributed by atoms with van der Waals surface area (Å²) in [7, 11) is 0. The fraction of sp³-hybridized carbons (Fsp3) is 0. The lowest BCUT2D eigenvalue weighted by atomic mass is 10.1. The van der Waals surface area contributed by atoms with Crippen molar-refractivity contribution in [2.75, 3.05) is 5.32 Å². The molecule has 0 aliphatic heterocycles. The predicted octanol–water partition coefficient (Wildman–Crippen LogP) is 2.35. The van der Waals surface area contributed by atoms with Crippen molar-refractivity contribution in [3.05, 3.63) is 54.1 Å². The van der Waals surface area contributed by atoms with Gasteiger partial charge in [-0.3, -0.25) is 4.79 Å². The third-order valence-corrected chi connectivity index (χ3v) is 2.26. The SMILES string of the molecule is O=C(Nc1ccccc1)c1cc(O)ccc1O. The highest BCUT2D eigenvalue weighted by molar-refractivity contribution is 6.06. The summed E-state index contributed by atoms with van der Waals surface area (Å²) in [4.78, 5) is 11.8. The standard InChI is InChI=1S/C13H11NO3/c15-10-6-7-12(16)11(8-10)13(17)14-9-4-2-1-3-5-9/h1-8,15-16H,(H,14,17). The fourth-order valence-electron chi connectivity index (χ4n) is 1.43. The number of carbonyl (C=O) groups excluding carboxylic acids is 1. The van der Waals surface area contributed by atoms with Crippen LogP contribution in [0.2, 0.25) is 0 Å². The zero-order valence-corrected chi connectivity index (χ0v) is 8.92. The van der Waals surface area contributed by atoms with Gasteiger partial charge in [-0.25, -0.2) is 0 Å². The summed E-state index contributed by atoms with van der Waals surface area (Å²) in [5, 5.41) is 21.4. The van der Waals surface area contributed by atoms with Gasteiger partial charge in [0.05, 0.1) is 5.56 Å². The van der Waals surface area contributed by atoms with Gasteiger partial charge in [-0.2, -0.15) is 0 Å². The Morgan fingerprint density at radius 1 is 1.00 bits per heavy atom. The van der Waals surface area contributed by atoms with Crippen LogP contribution in [0.25, 0.3) is 0 Å². The van der Waals surface area contributed by atoms with Crippen LogP contribution >= 0.6 is 0 Å². The Bertz CT molecular complexity index is 538. The highest BCUT2D eigenvalue weighted by Crippen LogP contribution is 2.23. The number of hydrogen-bond donors (Lipinski definition) is 3. The Morgan fingerprint density at radius 3 is 2.41 bits per heavy atom. The van der Waals surface area contributed by atoms with E-state index in [9.17, 15) is 15.0 Å². The van der Waals surface area contributed by atoms with Gasteiger partial charge >= 0.3 is 0 Å². The van der Waals surface area contributed by atoms with Gasteiger partial charge in [-0.1, -0.05) is 18.2 Å². The van der Waals surface area contributed by atoms with Gasteiger partial charge in [0, 0.05) is 5.69 Å². The van der Waals surface area contributed by atoms with Crippen molar-refractivity contribution >= 4 is 11.6 Å². The van der Waals surface area contributed by atoms with Gasteiger partial charge in [-0.05, 0) is 30.3 Å². The third-order valence-electron chi connectivity index (χ3n) is 2.26. The fourth-order valence-corrected chi connectivity index (χ4v) is 1.43. The summed E-state index contributed by atoms with van der Waals surface area (Å²) in [6, 6.07) is 12.7. The van der Waals surface area contributed by atoms with Gasteiger partial charge in [0.2, 0.25) is 0 Å². The molecule has 2 rings (SSSR count). The molecule has 4 heteroatoms. The Labute approximate surface area is 98.2 Å². The smallest absolute Gasteiger partial charge is 0.259 e. The second-order valence-electron chi connectivity index (χ2n) is 3.52. The van der Waals surface area contributed by atoms with Crippen molar-refractivity contribution in [1.82, 2.24) is 0 Å². The van der Waals surface area contributed by atoms with Gasteiger partial charge in [-0.15, -0.1) is 0 Å². The number of rotatable bonds is 2. The van der Waals surface area contributed by atoms with Crippen LogP contribution in [0.3, 0.4) is 0 Å². The molecule has 0 aliphatic carbocycles. The topological polar surface area (TPSA) is 69.6 Å². The lowest BCUT2D eigenvalue weighted by Crippen LogP contribution is -2.11. The van der Waals surface area contributed by atoms with Crippen molar-refractivity contribution in [2.24, 2.45) is 0 Å². The van der Waals surface area contributed by atoms with Crippen molar-refractivity contribution in [3.8, 4) is 11.5 Å². The summed E-state index contributed by atoms with van der Waals surface area (Å²) in [5.41, 5.74) is 0.661. The molecule has 4 nitrogen and oxygen atoms in total. The normalized spacial score (nSPS) is 9.88. The number of amides is 1. The molecule has 0 unspecified atom stereocenters. The minimum atomic E-state index is -0.468. The number of phenols is 2. The number of aromatic hydroxyl groups is 2. The maximum atomic E-state index is 11.8. The molecular formula is C13H11NO3. The third kappa shape index (κ3) is 2.55. The van der Waals surface area contributed by atoms with Crippen LogP contribution in [0, 0.1) is 0 Å². The molecule has 2 aromatic carbocycles. The minimum absolute atomic E-state index is 0.0360. The number of phenolic OH excluding ortho intramolecular Hbond substituents is 2. The Kier molecular flexibility index (Phi) is 2.96. The quantitative estimate of drug-likeness (QED) is 0.692. The maximum absolute atomic E-state index is 11.8. The van der Waals surface area contributed by atoms with Crippen molar-refractivity contribution < 1.29 is 15.0 Å². The van der Waals surface area contributed by atoms with Crippen LogP contribution < -0.4 is 5.32 Å². The first-order valence-corrected chi connectivity index (χ1v) is 5.05. The zero-order valence-electron chi connectivity index (χ0n) is 8.92. The molecule has 0 aromatic heterocycles. The summed E-state index contributed by atoms with van der Waals surface area (Å²) >= 11 is 0. The molecule has 0 atom stereocenters. The van der Waals surface area contributed by atoms with E-state index in [1.165, 1.54) is 18.2 Å². The highest BCUT2D eigenvalue weighted by atomic mass is 16.3. The molecule has 0 radical (unpaired) electrons. The molecule has 0 spiro atoms. The van der Waals surface area contributed by atoms with Crippen LogP contribution in [0.15, 0.2) is 48.5 Å². The van der Waals surface area contributed by atoms with Crippen LogP contribution in [-0.2, 0) is 0 Å². The number of nitrogens with one attached hydrogen (secondary N) is 1. The lowest BCUT2D eigenvalue weighted by molar-refractivity contribution is 0.102. The average Bonchev–Trinajstić information content (AvgIpc) is 2.33. The van der Waals surface area contributed by atoms with Crippen LogP contribution in [-0.4, -0.2) is 16.1 Å². The predicted molar refractivity (Wildman–Crippen MR) is 64.2 cm³/mol. The lowest BCUT2D eigenvalue weighted by Gasteiger charge is -2.06. The molecule has 0 saturated heterocycles. The van der Waals surface area contributed by atoms with Gasteiger partial charge in [0.15, 0.2) is 0 Å². The van der Waals surface area contributed by atoms with E-state index >= 15 is 0 Å². The summed E-state index contributed by atoms with van der Waals surface area (Å²) in [5.74, 6) is -0.707. The average molecular weight is 229 g/mol. The molecule has 0 heterocycles. The minimum Gasteiger partial charge on any atom is -0.508 e. The summed E-state index contributed by atoms with van der Waals surface area (Å²) < 4.78 is 0. The first kappa shape index (κ1) is 11.0. The van der Waals surface area contributed by atoms with E-state index in [4.69, 9.17) is 0 Å². The molecule has 17 heavy (non-hydrogen) atoms. The summed E-state index contributed by atoms with van der Waals surface area (Å²) in [6.07, 6.45) is 0. The molecular weight excluding hydrogens is 218 g/mol. The molecule has 0 saturated carbocycles. The van der Waals surface area contributed by atoms with Crippen LogP contribution in [0.4, 0.5) is 5.69 Å². The van der Waals surface area contributed by atoms with Crippen LogP contribution in [0.1, 0.15) is 10.4 Å². The Morgan fingerprint density at radius 2 is 1.71 bits per heavy atom. The van der Waals surface area contributed by atoms with Gasteiger partial charge < -0.3 is 15.5 Å². The second kappa shape index (κ2) is 4.57. The van der Waals surface area contributed by atoms with Gasteiger partial charge in [0.25, 0.3) is 5.91 Å². The highest BCUT2D eigenvalue weighted by Gasteiger charge is 2.11. The number of para-hydroxylation sites is 1. The molecule has 2 aromatic rings. The molecule has 86 valence electrons. The Balaban J connectivity index is 2.23. The largest absolute Gasteiger partial charge is 0.508 e. The van der Waals surface area contributed by atoms with E-state index in [1.54, 1.807) is 24.3 Å². The number of carbonyl (C=O) groups is 1. The molecule has 0 fully saturated rings. The molecule has 3 N–H and O–H groups in total.